The summed E-state index contributed by atoms with van der Waals surface area (Å²) in [5, 5.41) is 4.14. The second-order valence-electron chi connectivity index (χ2n) is 3.90. The molecule has 0 unspecified atom stereocenters. The van der Waals surface area contributed by atoms with Crippen LogP contribution in [0.15, 0.2) is 0 Å². The topological polar surface area (TPSA) is 77.0 Å². The van der Waals surface area contributed by atoms with Gasteiger partial charge in [-0.15, -0.1) is 0 Å². The summed E-state index contributed by atoms with van der Waals surface area (Å²) in [6, 6.07) is 0. The van der Waals surface area contributed by atoms with Crippen LogP contribution in [0.3, 0.4) is 0 Å². The number of carbonyl (C=O) groups excluding carboxylic acids is 1. The van der Waals surface area contributed by atoms with Crippen LogP contribution in [-0.2, 0) is 11.3 Å². The predicted octanol–water partition coefficient (Wildman–Crippen LogP) is 0.0295. The van der Waals surface area contributed by atoms with Crippen LogP contribution in [0, 0.1) is 13.8 Å². The predicted molar refractivity (Wildman–Crippen MR) is 68.5 cm³/mol. The number of aryl methyl sites for hydroxylation is 2. The van der Waals surface area contributed by atoms with Gasteiger partial charge in [0.05, 0.1) is 4.99 Å². The third-order valence-electron chi connectivity index (χ3n) is 2.37. The van der Waals surface area contributed by atoms with E-state index in [1.54, 1.807) is 23.6 Å². The van der Waals surface area contributed by atoms with Gasteiger partial charge >= 0.3 is 0 Å². The molecule has 0 spiro atoms. The second kappa shape index (κ2) is 5.72. The fourth-order valence-corrected chi connectivity index (χ4v) is 1.45. The van der Waals surface area contributed by atoms with Crippen molar-refractivity contribution in [2.24, 2.45) is 5.73 Å². The minimum absolute atomic E-state index is 0.0331. The lowest BCUT2D eigenvalue weighted by molar-refractivity contribution is -0.130. The van der Waals surface area contributed by atoms with E-state index in [4.69, 9.17) is 18.0 Å². The lowest BCUT2D eigenvalue weighted by Gasteiger charge is -2.16. The standard InChI is InChI=1S/C10H17N5OS/c1-7-12-8(2)15(13-7)6-10(16)14(3)5-4-9(11)17/h4-6H2,1-3H3,(H2,11,17). The fourth-order valence-electron chi connectivity index (χ4n) is 1.36. The number of carbonyl (C=O) groups is 1. The Morgan fingerprint density at radius 2 is 2.18 bits per heavy atom. The first kappa shape index (κ1) is 13.6. The number of hydrogen-bond acceptors (Lipinski definition) is 4. The van der Waals surface area contributed by atoms with Crippen LogP contribution in [-0.4, -0.2) is 44.2 Å². The summed E-state index contributed by atoms with van der Waals surface area (Å²) in [6.07, 6.45) is 0.535. The maximum absolute atomic E-state index is 11.8. The van der Waals surface area contributed by atoms with E-state index in [1.807, 2.05) is 6.92 Å². The molecule has 0 aliphatic carbocycles. The highest BCUT2D eigenvalue weighted by Gasteiger charge is 2.12. The van der Waals surface area contributed by atoms with E-state index in [1.165, 1.54) is 0 Å². The minimum Gasteiger partial charge on any atom is -0.393 e. The van der Waals surface area contributed by atoms with Crippen molar-refractivity contribution in [1.29, 1.82) is 0 Å². The molecule has 0 aromatic carbocycles. The highest BCUT2D eigenvalue weighted by molar-refractivity contribution is 7.80. The summed E-state index contributed by atoms with van der Waals surface area (Å²) in [5.41, 5.74) is 5.39. The number of nitrogens with two attached hydrogens (primary N) is 1. The normalized spacial score (nSPS) is 10.3. The first-order valence-corrected chi connectivity index (χ1v) is 5.71. The zero-order valence-corrected chi connectivity index (χ0v) is 11.1. The molecule has 0 saturated carbocycles. The fraction of sp³-hybridized carbons (Fsp3) is 0.600. The highest BCUT2D eigenvalue weighted by Crippen LogP contribution is 1.98. The van der Waals surface area contributed by atoms with Crippen molar-refractivity contribution < 1.29 is 4.79 Å². The van der Waals surface area contributed by atoms with Crippen LogP contribution in [0.2, 0.25) is 0 Å². The van der Waals surface area contributed by atoms with Crippen LogP contribution in [0.25, 0.3) is 0 Å². The Morgan fingerprint density at radius 3 is 2.65 bits per heavy atom. The summed E-state index contributed by atoms with van der Waals surface area (Å²) in [5.74, 6) is 1.37. The largest absolute Gasteiger partial charge is 0.393 e. The number of amides is 1. The van der Waals surface area contributed by atoms with Gasteiger partial charge < -0.3 is 10.6 Å². The molecule has 0 bridgehead atoms. The summed E-state index contributed by atoms with van der Waals surface area (Å²) in [7, 11) is 1.72. The van der Waals surface area contributed by atoms with Gasteiger partial charge in [-0.1, -0.05) is 12.2 Å². The van der Waals surface area contributed by atoms with E-state index >= 15 is 0 Å². The second-order valence-corrected chi connectivity index (χ2v) is 4.42. The Morgan fingerprint density at radius 1 is 1.53 bits per heavy atom. The molecule has 94 valence electrons. The monoisotopic (exact) mass is 255 g/mol. The van der Waals surface area contributed by atoms with Gasteiger partial charge in [-0.05, 0) is 13.8 Å². The van der Waals surface area contributed by atoms with Gasteiger partial charge in [-0.25, -0.2) is 9.67 Å². The molecule has 1 aromatic heterocycles. The number of thiocarbonyl (C=S) groups is 1. The van der Waals surface area contributed by atoms with E-state index in [0.717, 1.165) is 5.82 Å². The van der Waals surface area contributed by atoms with E-state index in [2.05, 4.69) is 10.1 Å². The SMILES string of the molecule is Cc1nc(C)n(CC(=O)N(C)CCC(N)=S)n1. The molecule has 0 aliphatic heterocycles. The van der Waals surface area contributed by atoms with Crippen molar-refractivity contribution in [1.82, 2.24) is 19.7 Å². The number of likely N-dealkylation sites (N-methyl/N-ethyl adjacent to an activating group) is 1. The van der Waals surface area contributed by atoms with Crippen molar-refractivity contribution in [2.45, 2.75) is 26.8 Å². The molecule has 0 saturated heterocycles. The van der Waals surface area contributed by atoms with Crippen molar-refractivity contribution in [3.63, 3.8) is 0 Å². The van der Waals surface area contributed by atoms with Gasteiger partial charge in [0.1, 0.15) is 18.2 Å². The van der Waals surface area contributed by atoms with Gasteiger partial charge in [-0.3, -0.25) is 4.79 Å². The average Bonchev–Trinajstić information content (AvgIpc) is 2.53. The van der Waals surface area contributed by atoms with E-state index in [-0.39, 0.29) is 12.5 Å². The molecule has 6 nitrogen and oxygen atoms in total. The molecule has 1 rings (SSSR count). The third-order valence-corrected chi connectivity index (χ3v) is 2.57. The van der Waals surface area contributed by atoms with Crippen molar-refractivity contribution in [3.05, 3.63) is 11.6 Å². The number of aromatic nitrogens is 3. The van der Waals surface area contributed by atoms with Crippen LogP contribution in [0.1, 0.15) is 18.1 Å². The van der Waals surface area contributed by atoms with Gasteiger partial charge in [0.2, 0.25) is 5.91 Å². The molecule has 7 heteroatoms. The lowest BCUT2D eigenvalue weighted by Crippen LogP contribution is -2.33. The molecule has 0 atom stereocenters. The summed E-state index contributed by atoms with van der Waals surface area (Å²) >= 11 is 4.77. The number of hydrogen-bond donors (Lipinski definition) is 1. The first-order chi connectivity index (χ1) is 7.90. The molecular formula is C10H17N5OS. The average molecular weight is 255 g/mol. The zero-order valence-electron chi connectivity index (χ0n) is 10.3. The molecule has 1 amide bonds. The van der Waals surface area contributed by atoms with Crippen LogP contribution < -0.4 is 5.73 Å². The number of rotatable bonds is 5. The van der Waals surface area contributed by atoms with Gasteiger partial charge in [-0.2, -0.15) is 5.10 Å². The van der Waals surface area contributed by atoms with Gasteiger partial charge in [0, 0.05) is 20.0 Å². The van der Waals surface area contributed by atoms with Crippen LogP contribution in [0.5, 0.6) is 0 Å². The molecule has 0 radical (unpaired) electrons. The quantitative estimate of drug-likeness (QED) is 0.751. The molecule has 17 heavy (non-hydrogen) atoms. The Bertz CT molecular complexity index is 428. The summed E-state index contributed by atoms with van der Waals surface area (Å²) in [4.78, 5) is 18.0. The van der Waals surface area contributed by atoms with Gasteiger partial charge in [0.15, 0.2) is 0 Å². The third kappa shape index (κ3) is 4.10. The maximum Gasteiger partial charge on any atom is 0.244 e. The lowest BCUT2D eigenvalue weighted by atomic mass is 10.4. The van der Waals surface area contributed by atoms with Gasteiger partial charge in [0.25, 0.3) is 0 Å². The van der Waals surface area contributed by atoms with E-state index in [0.29, 0.717) is 23.8 Å². The minimum atomic E-state index is -0.0331. The summed E-state index contributed by atoms with van der Waals surface area (Å²) < 4.78 is 1.59. The molecule has 0 fully saturated rings. The Kier molecular flexibility index (Phi) is 4.56. The van der Waals surface area contributed by atoms with Crippen molar-refractivity contribution in [2.75, 3.05) is 13.6 Å². The van der Waals surface area contributed by atoms with Crippen molar-refractivity contribution >= 4 is 23.1 Å². The van der Waals surface area contributed by atoms with Crippen LogP contribution in [0.4, 0.5) is 0 Å². The Hall–Kier alpha value is -1.50. The van der Waals surface area contributed by atoms with Crippen LogP contribution >= 0.6 is 12.2 Å². The first-order valence-electron chi connectivity index (χ1n) is 5.30. The molecule has 2 N–H and O–H groups in total. The zero-order chi connectivity index (χ0) is 13.0. The van der Waals surface area contributed by atoms with E-state index < -0.39 is 0 Å². The number of nitrogens with zero attached hydrogens (tertiary/aromatic N) is 4. The van der Waals surface area contributed by atoms with Crippen molar-refractivity contribution in [3.8, 4) is 0 Å². The Balaban J connectivity index is 2.54. The maximum atomic E-state index is 11.8. The molecule has 1 aromatic rings. The molecule has 1 heterocycles. The Labute approximate surface area is 106 Å². The van der Waals surface area contributed by atoms with E-state index in [9.17, 15) is 4.79 Å². The molecule has 0 aliphatic rings. The smallest absolute Gasteiger partial charge is 0.244 e. The molecular weight excluding hydrogens is 238 g/mol. The highest BCUT2D eigenvalue weighted by atomic mass is 32.1. The summed E-state index contributed by atoms with van der Waals surface area (Å²) in [6.45, 7) is 4.34.